The van der Waals surface area contributed by atoms with Crippen LogP contribution in [0.2, 0.25) is 0 Å². The minimum atomic E-state index is -0.618. The number of piperidine rings is 1. The Hall–Kier alpha value is -3.93. The maximum Gasteiger partial charge on any atom is 0.414 e. The molecular weight excluding hydrogens is 442 g/mol. The molecule has 4 rings (SSSR count). The normalized spacial score (nSPS) is 17.9. The largest absolute Gasteiger partial charge is 0.442 e. The molecule has 176 valence electrons. The van der Waals surface area contributed by atoms with Gasteiger partial charge >= 0.3 is 6.09 Å². The van der Waals surface area contributed by atoms with E-state index in [4.69, 9.17) is 10.00 Å². The van der Waals surface area contributed by atoms with E-state index in [2.05, 4.69) is 5.32 Å². The second kappa shape index (κ2) is 9.91. The molecule has 1 unspecified atom stereocenters. The Bertz CT molecular complexity index is 1180. The summed E-state index contributed by atoms with van der Waals surface area (Å²) in [5, 5.41) is 11.4. The van der Waals surface area contributed by atoms with E-state index in [9.17, 15) is 18.4 Å². The molecule has 0 bridgehead atoms. The highest BCUT2D eigenvalue weighted by Crippen LogP contribution is 2.32. The highest BCUT2D eigenvalue weighted by atomic mass is 19.1. The first-order valence-corrected chi connectivity index (χ1v) is 11.0. The van der Waals surface area contributed by atoms with Crippen molar-refractivity contribution in [2.24, 2.45) is 0 Å². The van der Waals surface area contributed by atoms with Crippen LogP contribution in [0.15, 0.2) is 48.0 Å². The molecule has 9 heteroatoms. The molecule has 2 saturated heterocycles. The van der Waals surface area contributed by atoms with Gasteiger partial charge in [0.05, 0.1) is 30.5 Å². The average Bonchev–Trinajstić information content (AvgIpc) is 3.19. The number of carbonyl (C=O) groups excluding carboxylic acids is 2. The number of benzene rings is 2. The number of nitriles is 1. The van der Waals surface area contributed by atoms with Gasteiger partial charge in [0.25, 0.3) is 0 Å². The Morgan fingerprint density at radius 1 is 1.21 bits per heavy atom. The standard InChI is InChI=1S/C25H24F2N4O3/c1-16(32)29-14-20-15-31(25(33)34-20)19-3-4-21(22(26)13-19)18-2-5-24(23(27)12-18)30-10-7-17(6-9-28)8-11-30/h2-6,12-13,20H,7-8,10-11,14-15H2,1H3,(H,29,32). The first kappa shape index (κ1) is 23.2. The van der Waals surface area contributed by atoms with Crippen molar-refractivity contribution in [3.05, 3.63) is 59.7 Å². The van der Waals surface area contributed by atoms with Crippen LogP contribution in [0.5, 0.6) is 0 Å². The Labute approximate surface area is 196 Å². The molecule has 2 amide bonds. The summed E-state index contributed by atoms with van der Waals surface area (Å²) in [6.07, 6.45) is 1.81. The van der Waals surface area contributed by atoms with E-state index < -0.39 is 23.8 Å². The van der Waals surface area contributed by atoms with Crippen LogP contribution in [0.4, 0.5) is 25.0 Å². The van der Waals surface area contributed by atoms with Gasteiger partial charge in [-0.05, 0) is 48.7 Å². The molecule has 0 aromatic heterocycles. The predicted molar refractivity (Wildman–Crippen MR) is 123 cm³/mol. The molecule has 0 saturated carbocycles. The van der Waals surface area contributed by atoms with E-state index in [0.717, 1.165) is 5.57 Å². The van der Waals surface area contributed by atoms with Crippen molar-refractivity contribution >= 4 is 23.4 Å². The lowest BCUT2D eigenvalue weighted by molar-refractivity contribution is -0.119. The third-order valence-corrected chi connectivity index (χ3v) is 5.99. The van der Waals surface area contributed by atoms with Crippen molar-refractivity contribution in [3.63, 3.8) is 0 Å². The van der Waals surface area contributed by atoms with Gasteiger partial charge < -0.3 is 15.0 Å². The number of halogens is 2. The number of carbonyl (C=O) groups is 2. The molecule has 1 N–H and O–H groups in total. The maximum absolute atomic E-state index is 15.0. The summed E-state index contributed by atoms with van der Waals surface area (Å²) in [5.74, 6) is -1.27. The van der Waals surface area contributed by atoms with Gasteiger partial charge in [-0.2, -0.15) is 5.26 Å². The van der Waals surface area contributed by atoms with Crippen LogP contribution < -0.4 is 15.1 Å². The van der Waals surface area contributed by atoms with Crippen molar-refractivity contribution < 1.29 is 23.1 Å². The monoisotopic (exact) mass is 466 g/mol. The van der Waals surface area contributed by atoms with Crippen molar-refractivity contribution in [3.8, 4) is 17.2 Å². The Balaban J connectivity index is 1.48. The van der Waals surface area contributed by atoms with Gasteiger partial charge in [0.2, 0.25) is 5.91 Å². The summed E-state index contributed by atoms with van der Waals surface area (Å²) in [6, 6.07) is 11.0. The molecule has 2 aliphatic rings. The summed E-state index contributed by atoms with van der Waals surface area (Å²) < 4.78 is 35.1. The number of rotatable bonds is 5. The summed E-state index contributed by atoms with van der Waals surface area (Å²) in [6.45, 7) is 2.96. The highest BCUT2D eigenvalue weighted by Gasteiger charge is 2.32. The molecule has 2 fully saturated rings. The van der Waals surface area contributed by atoms with Gasteiger partial charge in [-0.25, -0.2) is 13.6 Å². The van der Waals surface area contributed by atoms with Gasteiger partial charge in [-0.15, -0.1) is 0 Å². The summed E-state index contributed by atoms with van der Waals surface area (Å²) in [7, 11) is 0. The van der Waals surface area contributed by atoms with Gasteiger partial charge in [0.1, 0.15) is 17.7 Å². The fraction of sp³-hybridized carbons (Fsp3) is 0.320. The highest BCUT2D eigenvalue weighted by molar-refractivity contribution is 5.90. The lowest BCUT2D eigenvalue weighted by Crippen LogP contribution is -2.33. The Morgan fingerprint density at radius 2 is 1.97 bits per heavy atom. The molecule has 0 radical (unpaired) electrons. The number of hydrogen-bond acceptors (Lipinski definition) is 5. The van der Waals surface area contributed by atoms with Crippen molar-refractivity contribution in [2.45, 2.75) is 25.9 Å². The van der Waals surface area contributed by atoms with E-state index in [0.29, 0.717) is 42.9 Å². The topological polar surface area (TPSA) is 85.7 Å². The molecule has 7 nitrogen and oxygen atoms in total. The van der Waals surface area contributed by atoms with Crippen LogP contribution in [0.3, 0.4) is 0 Å². The fourth-order valence-corrected chi connectivity index (χ4v) is 4.20. The SMILES string of the molecule is CC(=O)NCC1CN(c2ccc(-c3ccc(N4CCC(=CC#N)CC4)c(F)c3)c(F)c2)C(=O)O1. The molecular formula is C25H24F2N4O3. The van der Waals surface area contributed by atoms with E-state index in [1.165, 1.54) is 30.0 Å². The van der Waals surface area contributed by atoms with E-state index in [1.807, 2.05) is 11.0 Å². The van der Waals surface area contributed by atoms with Crippen LogP contribution in [0.25, 0.3) is 11.1 Å². The molecule has 2 aromatic carbocycles. The zero-order chi connectivity index (χ0) is 24.2. The lowest BCUT2D eigenvalue weighted by Gasteiger charge is -2.30. The Kier molecular flexibility index (Phi) is 6.77. The maximum atomic E-state index is 15.0. The van der Waals surface area contributed by atoms with Crippen LogP contribution in [-0.2, 0) is 9.53 Å². The first-order chi connectivity index (χ1) is 16.4. The van der Waals surface area contributed by atoms with Crippen molar-refractivity contribution in [2.75, 3.05) is 36.0 Å². The number of allylic oxidation sites excluding steroid dienone is 1. The molecule has 0 aliphatic carbocycles. The van der Waals surface area contributed by atoms with Crippen LogP contribution >= 0.6 is 0 Å². The zero-order valence-electron chi connectivity index (χ0n) is 18.7. The summed E-state index contributed by atoms with van der Waals surface area (Å²) in [4.78, 5) is 26.5. The van der Waals surface area contributed by atoms with E-state index in [1.54, 1.807) is 24.3 Å². The lowest BCUT2D eigenvalue weighted by atomic mass is 10.0. The number of hydrogen-bond donors (Lipinski definition) is 1. The molecule has 2 aliphatic heterocycles. The van der Waals surface area contributed by atoms with Crippen LogP contribution in [0.1, 0.15) is 19.8 Å². The molecule has 1 atom stereocenters. The molecule has 34 heavy (non-hydrogen) atoms. The third-order valence-electron chi connectivity index (χ3n) is 5.99. The number of cyclic esters (lactones) is 1. The quantitative estimate of drug-likeness (QED) is 0.670. The number of ether oxygens (including phenoxy) is 1. The molecule has 0 spiro atoms. The predicted octanol–water partition coefficient (Wildman–Crippen LogP) is 4.14. The average molecular weight is 466 g/mol. The van der Waals surface area contributed by atoms with Crippen molar-refractivity contribution in [1.82, 2.24) is 5.32 Å². The second-order valence-corrected chi connectivity index (χ2v) is 8.30. The molecule has 2 aromatic rings. The van der Waals surface area contributed by atoms with Gasteiger partial charge in [-0.1, -0.05) is 11.6 Å². The number of nitrogens with zero attached hydrogens (tertiary/aromatic N) is 3. The summed E-state index contributed by atoms with van der Waals surface area (Å²) >= 11 is 0. The minimum absolute atomic E-state index is 0.177. The van der Waals surface area contributed by atoms with E-state index in [-0.39, 0.29) is 24.6 Å². The van der Waals surface area contributed by atoms with Crippen molar-refractivity contribution in [1.29, 1.82) is 5.26 Å². The van der Waals surface area contributed by atoms with Gasteiger partial charge in [0, 0.05) is 31.7 Å². The number of amides is 2. The Morgan fingerprint density at radius 3 is 2.62 bits per heavy atom. The van der Waals surface area contributed by atoms with Gasteiger partial charge in [0.15, 0.2) is 0 Å². The fourth-order valence-electron chi connectivity index (χ4n) is 4.20. The third kappa shape index (κ3) is 5.01. The zero-order valence-corrected chi connectivity index (χ0v) is 18.7. The number of nitrogens with one attached hydrogen (secondary N) is 1. The van der Waals surface area contributed by atoms with E-state index >= 15 is 0 Å². The molecule has 2 heterocycles. The smallest absolute Gasteiger partial charge is 0.414 e. The van der Waals surface area contributed by atoms with Crippen LogP contribution in [-0.4, -0.2) is 44.3 Å². The second-order valence-electron chi connectivity index (χ2n) is 8.30. The minimum Gasteiger partial charge on any atom is -0.442 e. The van der Waals surface area contributed by atoms with Crippen LogP contribution in [0, 0.1) is 23.0 Å². The first-order valence-electron chi connectivity index (χ1n) is 11.0. The summed E-state index contributed by atoms with van der Waals surface area (Å²) in [5.41, 5.74) is 2.43. The number of anilines is 2. The van der Waals surface area contributed by atoms with Gasteiger partial charge in [-0.3, -0.25) is 9.69 Å².